The number of hydrogen-bond donors (Lipinski definition) is 0. The van der Waals surface area contributed by atoms with Crippen molar-refractivity contribution in [1.29, 1.82) is 0 Å². The van der Waals surface area contributed by atoms with E-state index in [9.17, 15) is 0 Å². The van der Waals surface area contributed by atoms with Gasteiger partial charge < -0.3 is 4.74 Å². The third kappa shape index (κ3) is 2.57. The normalized spacial score (nSPS) is 21.9. The maximum Gasteiger partial charge on any atom is 0.0640 e. The van der Waals surface area contributed by atoms with Crippen molar-refractivity contribution in [3.8, 4) is 0 Å². The van der Waals surface area contributed by atoms with E-state index in [4.69, 9.17) is 16.3 Å². The Labute approximate surface area is 115 Å². The van der Waals surface area contributed by atoms with E-state index in [1.807, 2.05) is 0 Å². The van der Waals surface area contributed by atoms with E-state index in [2.05, 4.69) is 33.8 Å². The summed E-state index contributed by atoms with van der Waals surface area (Å²) >= 11 is 6.76. The zero-order valence-corrected chi connectivity index (χ0v) is 12.6. The van der Waals surface area contributed by atoms with Crippen LogP contribution in [0.2, 0.25) is 0 Å². The SMILES string of the molecule is Cc1cc(C)c(C)c(C(Cl)C2CCCOC2)c1C. The summed E-state index contributed by atoms with van der Waals surface area (Å²) < 4.78 is 5.58. The third-order valence-corrected chi connectivity index (χ3v) is 4.88. The molecule has 18 heavy (non-hydrogen) atoms. The van der Waals surface area contributed by atoms with E-state index in [0.717, 1.165) is 19.6 Å². The minimum absolute atomic E-state index is 0.0869. The van der Waals surface area contributed by atoms with Crippen molar-refractivity contribution in [1.82, 2.24) is 0 Å². The van der Waals surface area contributed by atoms with Crippen LogP contribution >= 0.6 is 11.6 Å². The van der Waals surface area contributed by atoms with Crippen molar-refractivity contribution in [2.24, 2.45) is 5.92 Å². The number of alkyl halides is 1. The molecule has 1 aromatic rings. The lowest BCUT2D eigenvalue weighted by Gasteiger charge is -2.29. The first-order chi connectivity index (χ1) is 8.52. The van der Waals surface area contributed by atoms with Crippen molar-refractivity contribution >= 4 is 11.6 Å². The summed E-state index contributed by atoms with van der Waals surface area (Å²) in [7, 11) is 0. The summed E-state index contributed by atoms with van der Waals surface area (Å²) in [6, 6.07) is 2.26. The Morgan fingerprint density at radius 2 is 1.78 bits per heavy atom. The topological polar surface area (TPSA) is 9.23 Å². The molecule has 2 unspecified atom stereocenters. The van der Waals surface area contributed by atoms with Crippen molar-refractivity contribution < 1.29 is 4.74 Å². The predicted molar refractivity (Wildman–Crippen MR) is 77.5 cm³/mol. The molecular weight excluding hydrogens is 244 g/mol. The number of halogens is 1. The van der Waals surface area contributed by atoms with Crippen molar-refractivity contribution in [3.05, 3.63) is 33.9 Å². The Hall–Kier alpha value is -0.530. The molecule has 0 aliphatic carbocycles. The van der Waals surface area contributed by atoms with Crippen LogP contribution in [0.4, 0.5) is 0 Å². The molecule has 1 nitrogen and oxygen atoms in total. The van der Waals surface area contributed by atoms with E-state index in [0.29, 0.717) is 5.92 Å². The van der Waals surface area contributed by atoms with Crippen LogP contribution in [0.15, 0.2) is 6.07 Å². The van der Waals surface area contributed by atoms with Gasteiger partial charge in [-0.1, -0.05) is 6.07 Å². The molecule has 0 aromatic heterocycles. The molecule has 1 saturated heterocycles. The summed E-state index contributed by atoms with van der Waals surface area (Å²) in [4.78, 5) is 0. The minimum atomic E-state index is 0.0869. The Morgan fingerprint density at radius 3 is 2.28 bits per heavy atom. The second-order valence-corrected chi connectivity index (χ2v) is 6.02. The highest BCUT2D eigenvalue weighted by atomic mass is 35.5. The molecule has 1 aromatic carbocycles. The number of hydrogen-bond acceptors (Lipinski definition) is 1. The van der Waals surface area contributed by atoms with Crippen LogP contribution in [0.3, 0.4) is 0 Å². The van der Waals surface area contributed by atoms with E-state index >= 15 is 0 Å². The zero-order valence-electron chi connectivity index (χ0n) is 11.8. The fourth-order valence-electron chi connectivity index (χ4n) is 2.89. The lowest BCUT2D eigenvalue weighted by atomic mass is 9.86. The molecule has 0 radical (unpaired) electrons. The van der Waals surface area contributed by atoms with Gasteiger partial charge in [0.1, 0.15) is 0 Å². The van der Waals surface area contributed by atoms with Gasteiger partial charge in [0.05, 0.1) is 12.0 Å². The monoisotopic (exact) mass is 266 g/mol. The summed E-state index contributed by atoms with van der Waals surface area (Å²) in [5.74, 6) is 0.457. The van der Waals surface area contributed by atoms with Gasteiger partial charge in [0.2, 0.25) is 0 Å². The average molecular weight is 267 g/mol. The summed E-state index contributed by atoms with van der Waals surface area (Å²) in [5.41, 5.74) is 6.72. The zero-order chi connectivity index (χ0) is 13.3. The predicted octanol–water partition coefficient (Wildman–Crippen LogP) is 4.63. The van der Waals surface area contributed by atoms with E-state index in [1.165, 1.54) is 34.2 Å². The molecule has 0 saturated carbocycles. The molecule has 1 aliphatic heterocycles. The summed E-state index contributed by atoms with van der Waals surface area (Å²) in [6.45, 7) is 10.4. The van der Waals surface area contributed by atoms with E-state index in [1.54, 1.807) is 0 Å². The number of benzene rings is 1. The molecule has 1 aliphatic rings. The molecule has 0 bridgehead atoms. The van der Waals surface area contributed by atoms with Gasteiger partial charge >= 0.3 is 0 Å². The highest BCUT2D eigenvalue weighted by Gasteiger charge is 2.27. The quantitative estimate of drug-likeness (QED) is 0.710. The number of rotatable bonds is 2. The Bertz CT molecular complexity index is 407. The van der Waals surface area contributed by atoms with Crippen LogP contribution in [0, 0.1) is 33.6 Å². The molecule has 100 valence electrons. The van der Waals surface area contributed by atoms with Gasteiger partial charge in [-0.25, -0.2) is 0 Å². The lowest BCUT2D eigenvalue weighted by Crippen LogP contribution is -2.22. The van der Waals surface area contributed by atoms with Gasteiger partial charge in [0.25, 0.3) is 0 Å². The van der Waals surface area contributed by atoms with Crippen LogP contribution in [0.1, 0.15) is 46.0 Å². The van der Waals surface area contributed by atoms with E-state index < -0.39 is 0 Å². The Morgan fingerprint density at radius 1 is 1.17 bits per heavy atom. The fraction of sp³-hybridized carbons (Fsp3) is 0.625. The van der Waals surface area contributed by atoms with Crippen LogP contribution in [0.5, 0.6) is 0 Å². The molecule has 0 spiro atoms. The maximum atomic E-state index is 6.76. The first-order valence-electron chi connectivity index (χ1n) is 6.81. The highest BCUT2D eigenvalue weighted by Crippen LogP contribution is 2.39. The van der Waals surface area contributed by atoms with Gasteiger partial charge in [-0.2, -0.15) is 0 Å². The first kappa shape index (κ1) is 13.9. The second-order valence-electron chi connectivity index (χ2n) is 5.55. The van der Waals surface area contributed by atoms with Crippen LogP contribution in [0.25, 0.3) is 0 Å². The summed E-state index contributed by atoms with van der Waals surface area (Å²) in [6.07, 6.45) is 2.32. The summed E-state index contributed by atoms with van der Waals surface area (Å²) in [5, 5.41) is 0.0869. The first-order valence-corrected chi connectivity index (χ1v) is 7.25. The van der Waals surface area contributed by atoms with Gasteiger partial charge in [-0.15, -0.1) is 11.6 Å². The molecule has 1 heterocycles. The van der Waals surface area contributed by atoms with Gasteiger partial charge in [-0.3, -0.25) is 0 Å². The second kappa shape index (κ2) is 5.63. The molecule has 2 atom stereocenters. The molecular formula is C16H23ClO. The van der Waals surface area contributed by atoms with Crippen molar-refractivity contribution in [3.63, 3.8) is 0 Å². The molecule has 0 N–H and O–H groups in total. The molecule has 2 heteroatoms. The van der Waals surface area contributed by atoms with E-state index in [-0.39, 0.29) is 5.38 Å². The largest absolute Gasteiger partial charge is 0.381 e. The van der Waals surface area contributed by atoms with Crippen LogP contribution in [-0.4, -0.2) is 13.2 Å². The fourth-order valence-corrected chi connectivity index (χ4v) is 3.42. The maximum absolute atomic E-state index is 6.76. The molecule has 1 fully saturated rings. The number of aryl methyl sites for hydroxylation is 2. The smallest absolute Gasteiger partial charge is 0.0640 e. The molecule has 2 rings (SSSR count). The minimum Gasteiger partial charge on any atom is -0.381 e. The van der Waals surface area contributed by atoms with Gasteiger partial charge in [-0.05, 0) is 68.4 Å². The van der Waals surface area contributed by atoms with Crippen molar-refractivity contribution in [2.75, 3.05) is 13.2 Å². The number of ether oxygens (including phenoxy) is 1. The van der Waals surface area contributed by atoms with Crippen LogP contribution < -0.4 is 0 Å². The van der Waals surface area contributed by atoms with Crippen LogP contribution in [-0.2, 0) is 4.74 Å². The average Bonchev–Trinajstić information content (AvgIpc) is 2.37. The molecule has 0 amide bonds. The highest BCUT2D eigenvalue weighted by molar-refractivity contribution is 6.21. The van der Waals surface area contributed by atoms with Crippen molar-refractivity contribution in [2.45, 2.75) is 45.9 Å². The Kier molecular flexibility index (Phi) is 4.34. The standard InChI is InChI=1S/C16H23ClO/c1-10-8-11(2)13(4)15(12(10)3)16(17)14-6-5-7-18-9-14/h8,14,16H,5-7,9H2,1-4H3. The third-order valence-electron chi connectivity index (χ3n) is 4.31. The van der Waals surface area contributed by atoms with Gasteiger partial charge in [0.15, 0.2) is 0 Å². The Balaban J connectivity index is 2.37. The van der Waals surface area contributed by atoms with Gasteiger partial charge in [0, 0.05) is 12.5 Å². The lowest BCUT2D eigenvalue weighted by molar-refractivity contribution is 0.0530.